The minimum Gasteiger partial charge on any atom is -0.452 e. The molecule has 0 saturated carbocycles. The number of hydrogen-bond acceptors (Lipinski definition) is 5. The first-order chi connectivity index (χ1) is 27.8. The topological polar surface area (TPSA) is 69.6 Å². The number of fused-ring (bicyclic) bond motifs is 6. The highest BCUT2D eigenvalue weighted by atomic mass is 16.3. The maximum absolute atomic E-state index is 6.50. The second-order valence-electron chi connectivity index (χ2n) is 13.8. The number of para-hydroxylation sites is 3. The van der Waals surface area contributed by atoms with E-state index in [-0.39, 0.29) is 0 Å². The summed E-state index contributed by atoms with van der Waals surface area (Å²) in [5.41, 5.74) is 12.4. The molecule has 0 N–H and O–H groups in total. The van der Waals surface area contributed by atoms with Crippen molar-refractivity contribution in [3.63, 3.8) is 0 Å². The average Bonchev–Trinajstić information content (AvgIpc) is 3.82. The molecule has 0 radical (unpaired) electrons. The van der Waals surface area contributed by atoms with Crippen LogP contribution in [-0.2, 0) is 0 Å². The van der Waals surface area contributed by atoms with Crippen LogP contribution in [0.25, 0.3) is 106 Å². The molecule has 0 aliphatic carbocycles. The fourth-order valence-corrected chi connectivity index (χ4v) is 7.82. The third-order valence-corrected chi connectivity index (χ3v) is 10.4. The van der Waals surface area contributed by atoms with E-state index in [1.54, 1.807) is 0 Å². The molecule has 0 atom stereocenters. The molecule has 262 valence electrons. The Morgan fingerprint density at radius 2 is 0.946 bits per heavy atom. The van der Waals surface area contributed by atoms with Crippen LogP contribution in [0.15, 0.2) is 192 Å². The second-order valence-corrected chi connectivity index (χ2v) is 13.8. The molecular weight excluding hydrogens is 687 g/mol. The third-order valence-electron chi connectivity index (χ3n) is 10.4. The van der Waals surface area contributed by atoms with Gasteiger partial charge in [0.25, 0.3) is 0 Å². The lowest BCUT2D eigenvalue weighted by Gasteiger charge is -2.16. The third kappa shape index (κ3) is 5.27. The minimum absolute atomic E-state index is 0.585. The summed E-state index contributed by atoms with van der Waals surface area (Å²) >= 11 is 0. The molecule has 0 amide bonds. The molecule has 7 aromatic carbocycles. The first-order valence-corrected chi connectivity index (χ1v) is 18.6. The Morgan fingerprint density at radius 3 is 1.62 bits per heavy atom. The van der Waals surface area contributed by atoms with Crippen molar-refractivity contribution in [3.8, 4) is 62.2 Å². The number of nitrogens with zero attached hydrogens (tertiary/aromatic N) is 5. The van der Waals surface area contributed by atoms with Crippen molar-refractivity contribution in [2.24, 2.45) is 0 Å². The van der Waals surface area contributed by atoms with Gasteiger partial charge in [-0.3, -0.25) is 0 Å². The number of furan rings is 1. The Bertz CT molecular complexity index is 3130. The Kier molecular flexibility index (Phi) is 7.38. The minimum atomic E-state index is 0.585. The molecule has 0 fully saturated rings. The van der Waals surface area contributed by atoms with Gasteiger partial charge in [-0.25, -0.2) is 19.9 Å². The smallest absolute Gasteiger partial charge is 0.180 e. The van der Waals surface area contributed by atoms with Crippen LogP contribution >= 0.6 is 0 Å². The summed E-state index contributed by atoms with van der Waals surface area (Å²) in [7, 11) is 0. The van der Waals surface area contributed by atoms with E-state index < -0.39 is 0 Å². The van der Waals surface area contributed by atoms with E-state index >= 15 is 0 Å². The molecule has 0 spiro atoms. The van der Waals surface area contributed by atoms with Crippen molar-refractivity contribution < 1.29 is 4.42 Å². The van der Waals surface area contributed by atoms with Crippen LogP contribution in [0.5, 0.6) is 0 Å². The lowest BCUT2D eigenvalue weighted by atomic mass is 10.0. The fraction of sp³-hybridized carbons (Fsp3) is 0. The lowest BCUT2D eigenvalue weighted by molar-refractivity contribution is 0.667. The van der Waals surface area contributed by atoms with Crippen molar-refractivity contribution >= 4 is 43.9 Å². The van der Waals surface area contributed by atoms with Gasteiger partial charge in [0.05, 0.1) is 28.1 Å². The van der Waals surface area contributed by atoms with Gasteiger partial charge in [-0.2, -0.15) is 0 Å². The van der Waals surface area contributed by atoms with E-state index in [0.717, 1.165) is 78.1 Å². The SMILES string of the molecule is c1ccc(-c2cc(-c3ccc(-n4c5ccccc5c5ccccc54)c(-c4nc(-c5ccccc5)c5oc6ccccc6c5n4)c3)nc(-c3ccccc3)n2)cc1. The van der Waals surface area contributed by atoms with E-state index in [4.69, 9.17) is 24.4 Å². The van der Waals surface area contributed by atoms with Crippen molar-refractivity contribution in [2.75, 3.05) is 0 Å². The summed E-state index contributed by atoms with van der Waals surface area (Å²) in [5, 5.41) is 3.29. The predicted molar refractivity (Wildman–Crippen MR) is 226 cm³/mol. The molecule has 0 unspecified atom stereocenters. The summed E-state index contributed by atoms with van der Waals surface area (Å²) in [5.74, 6) is 1.24. The maximum atomic E-state index is 6.50. The van der Waals surface area contributed by atoms with E-state index in [9.17, 15) is 0 Å². The van der Waals surface area contributed by atoms with Crippen LogP contribution in [0, 0.1) is 0 Å². The number of rotatable bonds is 6. The zero-order chi connectivity index (χ0) is 37.0. The van der Waals surface area contributed by atoms with Crippen LogP contribution in [0.1, 0.15) is 0 Å². The molecule has 4 aromatic heterocycles. The Balaban J connectivity index is 1.23. The molecule has 6 heteroatoms. The molecule has 0 aliphatic rings. The van der Waals surface area contributed by atoms with E-state index in [1.165, 1.54) is 10.8 Å². The number of benzene rings is 7. The Hall–Kier alpha value is -7.70. The van der Waals surface area contributed by atoms with Gasteiger partial charge >= 0.3 is 0 Å². The van der Waals surface area contributed by atoms with Crippen molar-refractivity contribution in [2.45, 2.75) is 0 Å². The molecule has 56 heavy (non-hydrogen) atoms. The Labute approximate surface area is 322 Å². The summed E-state index contributed by atoms with van der Waals surface area (Å²) in [6, 6.07) is 64.4. The quantitative estimate of drug-likeness (QED) is 0.171. The van der Waals surface area contributed by atoms with Gasteiger partial charge in [0.15, 0.2) is 17.2 Å². The molecule has 6 nitrogen and oxygen atoms in total. The summed E-state index contributed by atoms with van der Waals surface area (Å²) in [6.07, 6.45) is 0. The first-order valence-electron chi connectivity index (χ1n) is 18.6. The Morgan fingerprint density at radius 1 is 0.393 bits per heavy atom. The highest BCUT2D eigenvalue weighted by Crippen LogP contribution is 2.41. The summed E-state index contributed by atoms with van der Waals surface area (Å²) in [4.78, 5) is 21.0. The van der Waals surface area contributed by atoms with Gasteiger partial charge < -0.3 is 8.98 Å². The molecule has 0 bridgehead atoms. The highest BCUT2D eigenvalue weighted by molar-refractivity contribution is 6.10. The first kappa shape index (κ1) is 31.8. The summed E-state index contributed by atoms with van der Waals surface area (Å²) in [6.45, 7) is 0. The maximum Gasteiger partial charge on any atom is 0.180 e. The van der Waals surface area contributed by atoms with Crippen molar-refractivity contribution in [3.05, 3.63) is 188 Å². The van der Waals surface area contributed by atoms with Gasteiger partial charge in [-0.1, -0.05) is 146 Å². The van der Waals surface area contributed by atoms with Gasteiger partial charge in [0.1, 0.15) is 16.8 Å². The second kappa shape index (κ2) is 13.0. The molecular formula is C50H31N5O. The van der Waals surface area contributed by atoms with Gasteiger partial charge in [0.2, 0.25) is 0 Å². The molecule has 4 heterocycles. The van der Waals surface area contributed by atoms with Gasteiger partial charge in [-0.15, -0.1) is 0 Å². The lowest BCUT2D eigenvalue weighted by Crippen LogP contribution is -2.02. The highest BCUT2D eigenvalue weighted by Gasteiger charge is 2.23. The fourth-order valence-electron chi connectivity index (χ4n) is 7.82. The van der Waals surface area contributed by atoms with Crippen LogP contribution < -0.4 is 0 Å². The van der Waals surface area contributed by atoms with Crippen molar-refractivity contribution in [1.29, 1.82) is 0 Å². The van der Waals surface area contributed by atoms with E-state index in [2.05, 4.69) is 108 Å². The van der Waals surface area contributed by atoms with Gasteiger partial charge in [0, 0.05) is 44.0 Å². The standard InChI is InChI=1S/C50H31N5O/c1-4-16-32(17-5-1)40-31-41(52-49(51-40)34-20-8-3-9-21-34)35-28-29-44(55-42-25-13-10-22-36(42)37-23-11-14-26-43(37)55)39(30-35)50-53-46(33-18-6-2-7-19-33)48-47(54-50)38-24-12-15-27-45(38)56-48/h1-31H. The summed E-state index contributed by atoms with van der Waals surface area (Å²) < 4.78 is 8.83. The largest absolute Gasteiger partial charge is 0.452 e. The van der Waals surface area contributed by atoms with E-state index in [1.807, 2.05) is 84.9 Å². The van der Waals surface area contributed by atoms with Crippen LogP contribution in [-0.4, -0.2) is 24.5 Å². The monoisotopic (exact) mass is 717 g/mol. The zero-order valence-corrected chi connectivity index (χ0v) is 30.0. The molecule has 11 aromatic rings. The van der Waals surface area contributed by atoms with Crippen LogP contribution in [0.4, 0.5) is 0 Å². The van der Waals surface area contributed by atoms with E-state index in [0.29, 0.717) is 17.2 Å². The average molecular weight is 718 g/mol. The van der Waals surface area contributed by atoms with Gasteiger partial charge in [-0.05, 0) is 42.5 Å². The van der Waals surface area contributed by atoms with Crippen molar-refractivity contribution in [1.82, 2.24) is 24.5 Å². The number of hydrogen-bond donors (Lipinski definition) is 0. The normalized spacial score (nSPS) is 11.6. The molecule has 0 aliphatic heterocycles. The number of aromatic nitrogens is 5. The molecule has 0 saturated heterocycles. The predicted octanol–water partition coefficient (Wildman–Crippen LogP) is 12.6. The zero-order valence-electron chi connectivity index (χ0n) is 30.0. The van der Waals surface area contributed by atoms with Crippen LogP contribution in [0.2, 0.25) is 0 Å². The molecule has 11 rings (SSSR count). The van der Waals surface area contributed by atoms with Crippen LogP contribution in [0.3, 0.4) is 0 Å².